The molecule has 1 aromatic carbocycles. The van der Waals surface area contributed by atoms with E-state index in [9.17, 15) is 8.42 Å². The van der Waals surface area contributed by atoms with E-state index in [1.54, 1.807) is 6.92 Å². The van der Waals surface area contributed by atoms with Gasteiger partial charge in [-0.05, 0) is 24.5 Å². The van der Waals surface area contributed by atoms with Crippen molar-refractivity contribution in [2.75, 3.05) is 18.1 Å². The molecule has 1 aliphatic rings. The van der Waals surface area contributed by atoms with Gasteiger partial charge in [0.1, 0.15) is 0 Å². The van der Waals surface area contributed by atoms with Crippen molar-refractivity contribution in [2.24, 2.45) is 0 Å². The number of fused-ring (bicyclic) bond motifs is 1. The van der Waals surface area contributed by atoms with E-state index in [-0.39, 0.29) is 17.5 Å². The van der Waals surface area contributed by atoms with Crippen molar-refractivity contribution in [3.63, 3.8) is 0 Å². The molecule has 0 saturated carbocycles. The number of rotatable bonds is 6. The Morgan fingerprint density at radius 2 is 2.11 bits per heavy atom. The Labute approximate surface area is 110 Å². The molecule has 2 unspecified atom stereocenters. The zero-order valence-corrected chi connectivity index (χ0v) is 11.8. The molecule has 18 heavy (non-hydrogen) atoms. The predicted octanol–water partition coefficient (Wildman–Crippen LogP) is 1.74. The molecule has 0 amide bonds. The Balaban J connectivity index is 1.81. The van der Waals surface area contributed by atoms with Crippen LogP contribution in [-0.4, -0.2) is 32.5 Å². The third-order valence-corrected chi connectivity index (χ3v) is 5.51. The maximum atomic E-state index is 11.5. The molecule has 1 aromatic rings. The summed E-state index contributed by atoms with van der Waals surface area (Å²) in [4.78, 5) is 0. The first-order chi connectivity index (χ1) is 8.52. The molecule has 2 atom stereocenters. The van der Waals surface area contributed by atoms with Crippen LogP contribution in [-0.2, 0) is 16.3 Å². The molecule has 0 spiro atoms. The second kappa shape index (κ2) is 5.41. The molecule has 4 heteroatoms. The average molecular weight is 267 g/mol. The van der Waals surface area contributed by atoms with Gasteiger partial charge in [-0.3, -0.25) is 0 Å². The summed E-state index contributed by atoms with van der Waals surface area (Å²) in [7, 11) is -2.88. The Hall–Kier alpha value is -0.870. The van der Waals surface area contributed by atoms with Gasteiger partial charge in [0.15, 0.2) is 9.84 Å². The van der Waals surface area contributed by atoms with Crippen LogP contribution in [0.4, 0.5) is 0 Å². The standard InChI is InChI=1S/C14H21NO2S/c1-3-18(16,17)10-11(2)15-9-13-8-12-6-4-5-7-14(12)13/h4-7,11,13,15H,3,8-10H2,1-2H3. The van der Waals surface area contributed by atoms with E-state index in [4.69, 9.17) is 0 Å². The van der Waals surface area contributed by atoms with Crippen molar-refractivity contribution in [1.29, 1.82) is 0 Å². The van der Waals surface area contributed by atoms with Gasteiger partial charge in [0, 0.05) is 24.3 Å². The smallest absolute Gasteiger partial charge is 0.151 e. The fourth-order valence-electron chi connectivity index (χ4n) is 2.45. The minimum atomic E-state index is -2.88. The summed E-state index contributed by atoms with van der Waals surface area (Å²) < 4.78 is 23.0. The van der Waals surface area contributed by atoms with Crippen molar-refractivity contribution in [3.8, 4) is 0 Å². The summed E-state index contributed by atoms with van der Waals surface area (Å²) in [5, 5.41) is 3.34. The molecule has 1 aliphatic carbocycles. The van der Waals surface area contributed by atoms with E-state index in [1.807, 2.05) is 6.92 Å². The van der Waals surface area contributed by atoms with E-state index in [0.29, 0.717) is 5.92 Å². The Bertz CT molecular complexity index is 510. The molecule has 0 fully saturated rings. The fourth-order valence-corrected chi connectivity index (χ4v) is 3.56. The molecule has 0 heterocycles. The third-order valence-electron chi connectivity index (χ3n) is 3.62. The van der Waals surface area contributed by atoms with Crippen LogP contribution in [0.5, 0.6) is 0 Å². The van der Waals surface area contributed by atoms with Crippen molar-refractivity contribution in [2.45, 2.75) is 32.2 Å². The van der Waals surface area contributed by atoms with Gasteiger partial charge in [-0.25, -0.2) is 8.42 Å². The lowest BCUT2D eigenvalue weighted by Crippen LogP contribution is -2.38. The number of benzene rings is 1. The van der Waals surface area contributed by atoms with E-state index >= 15 is 0 Å². The zero-order valence-electron chi connectivity index (χ0n) is 11.0. The molecule has 0 aromatic heterocycles. The zero-order chi connectivity index (χ0) is 13.2. The highest BCUT2D eigenvalue weighted by Gasteiger charge is 2.25. The molecule has 0 saturated heterocycles. The first-order valence-electron chi connectivity index (χ1n) is 6.53. The summed E-state index contributed by atoms with van der Waals surface area (Å²) in [6.45, 7) is 4.51. The molecule has 1 N–H and O–H groups in total. The maximum absolute atomic E-state index is 11.5. The Morgan fingerprint density at radius 3 is 2.78 bits per heavy atom. The van der Waals surface area contributed by atoms with Crippen molar-refractivity contribution in [1.82, 2.24) is 5.32 Å². The van der Waals surface area contributed by atoms with Crippen molar-refractivity contribution < 1.29 is 8.42 Å². The van der Waals surface area contributed by atoms with Gasteiger partial charge in [-0.15, -0.1) is 0 Å². The summed E-state index contributed by atoms with van der Waals surface area (Å²) >= 11 is 0. The summed E-state index contributed by atoms with van der Waals surface area (Å²) in [6.07, 6.45) is 1.11. The van der Waals surface area contributed by atoms with Crippen LogP contribution < -0.4 is 5.32 Å². The van der Waals surface area contributed by atoms with E-state index < -0.39 is 9.84 Å². The van der Waals surface area contributed by atoms with Crippen LogP contribution in [0.1, 0.15) is 30.9 Å². The van der Waals surface area contributed by atoms with Crippen LogP contribution in [0, 0.1) is 0 Å². The Morgan fingerprint density at radius 1 is 1.39 bits per heavy atom. The summed E-state index contributed by atoms with van der Waals surface area (Å²) in [5.74, 6) is 1.01. The number of hydrogen-bond donors (Lipinski definition) is 1. The predicted molar refractivity (Wildman–Crippen MR) is 74.7 cm³/mol. The average Bonchev–Trinajstić information content (AvgIpc) is 2.30. The summed E-state index contributed by atoms with van der Waals surface area (Å²) in [5.41, 5.74) is 2.84. The van der Waals surface area contributed by atoms with Gasteiger partial charge >= 0.3 is 0 Å². The summed E-state index contributed by atoms with van der Waals surface area (Å²) in [6, 6.07) is 8.49. The van der Waals surface area contributed by atoms with Crippen molar-refractivity contribution >= 4 is 9.84 Å². The van der Waals surface area contributed by atoms with Crippen LogP contribution in [0.2, 0.25) is 0 Å². The van der Waals surface area contributed by atoms with Gasteiger partial charge in [-0.1, -0.05) is 31.2 Å². The second-order valence-electron chi connectivity index (χ2n) is 5.11. The van der Waals surface area contributed by atoms with Gasteiger partial charge in [0.25, 0.3) is 0 Å². The van der Waals surface area contributed by atoms with Gasteiger partial charge in [-0.2, -0.15) is 0 Å². The Kier molecular flexibility index (Phi) is 4.07. The monoisotopic (exact) mass is 267 g/mol. The van der Waals surface area contributed by atoms with Crippen LogP contribution in [0.3, 0.4) is 0 Å². The molecule has 0 aliphatic heterocycles. The normalized spacial score (nSPS) is 20.0. The molecule has 100 valence electrons. The van der Waals surface area contributed by atoms with Crippen LogP contribution in [0.15, 0.2) is 24.3 Å². The van der Waals surface area contributed by atoms with Gasteiger partial charge in [0.2, 0.25) is 0 Å². The first kappa shape index (κ1) is 13.6. The largest absolute Gasteiger partial charge is 0.313 e. The van der Waals surface area contributed by atoms with Crippen LogP contribution >= 0.6 is 0 Å². The van der Waals surface area contributed by atoms with Crippen LogP contribution in [0.25, 0.3) is 0 Å². The molecule has 0 radical (unpaired) electrons. The van der Waals surface area contributed by atoms with Gasteiger partial charge in [0.05, 0.1) is 5.75 Å². The first-order valence-corrected chi connectivity index (χ1v) is 8.35. The quantitative estimate of drug-likeness (QED) is 0.854. The highest BCUT2D eigenvalue weighted by molar-refractivity contribution is 7.91. The topological polar surface area (TPSA) is 46.2 Å². The lowest BCUT2D eigenvalue weighted by atomic mass is 9.77. The number of nitrogens with one attached hydrogen (secondary N) is 1. The minimum Gasteiger partial charge on any atom is -0.313 e. The number of sulfone groups is 1. The van der Waals surface area contributed by atoms with E-state index in [2.05, 4.69) is 29.6 Å². The molecule has 2 rings (SSSR count). The molecule has 3 nitrogen and oxygen atoms in total. The number of hydrogen-bond acceptors (Lipinski definition) is 3. The SMILES string of the molecule is CCS(=O)(=O)CC(C)NCC1Cc2ccccc21. The fraction of sp³-hybridized carbons (Fsp3) is 0.571. The van der Waals surface area contributed by atoms with Gasteiger partial charge < -0.3 is 5.32 Å². The lowest BCUT2D eigenvalue weighted by molar-refractivity contribution is 0.493. The second-order valence-corrected chi connectivity index (χ2v) is 7.51. The van der Waals surface area contributed by atoms with E-state index in [0.717, 1.165) is 13.0 Å². The molecular formula is C14H21NO2S. The maximum Gasteiger partial charge on any atom is 0.151 e. The highest BCUT2D eigenvalue weighted by atomic mass is 32.2. The lowest BCUT2D eigenvalue weighted by Gasteiger charge is -2.31. The highest BCUT2D eigenvalue weighted by Crippen LogP contribution is 2.34. The van der Waals surface area contributed by atoms with Crippen molar-refractivity contribution in [3.05, 3.63) is 35.4 Å². The molecular weight excluding hydrogens is 246 g/mol. The minimum absolute atomic E-state index is 0.0303. The molecule has 0 bridgehead atoms. The van der Waals surface area contributed by atoms with E-state index in [1.165, 1.54) is 11.1 Å². The third kappa shape index (κ3) is 3.12.